The summed E-state index contributed by atoms with van der Waals surface area (Å²) in [4.78, 5) is 19.2. The molecule has 5 nitrogen and oxygen atoms in total. The number of morpholine rings is 1. The van der Waals surface area contributed by atoms with Gasteiger partial charge < -0.3 is 14.5 Å². The van der Waals surface area contributed by atoms with Crippen LogP contribution in [0, 0.1) is 11.8 Å². The zero-order chi connectivity index (χ0) is 16.9. The minimum Gasteiger partial charge on any atom is -0.378 e. The van der Waals surface area contributed by atoms with Gasteiger partial charge in [-0.05, 0) is 31.6 Å². The van der Waals surface area contributed by atoms with Gasteiger partial charge in [0.1, 0.15) is 0 Å². The van der Waals surface area contributed by atoms with Crippen molar-refractivity contribution in [3.8, 4) is 0 Å². The van der Waals surface area contributed by atoms with Gasteiger partial charge in [0.25, 0.3) is 0 Å². The van der Waals surface area contributed by atoms with Crippen LogP contribution in [0.3, 0.4) is 0 Å². The Kier molecular flexibility index (Phi) is 6.31. The van der Waals surface area contributed by atoms with E-state index in [1.807, 2.05) is 4.90 Å². The minimum absolute atomic E-state index is 0.270. The molecule has 0 spiro atoms. The fourth-order valence-electron chi connectivity index (χ4n) is 4.21. The van der Waals surface area contributed by atoms with Crippen LogP contribution in [-0.2, 0) is 9.53 Å². The molecule has 0 aromatic carbocycles. The van der Waals surface area contributed by atoms with Gasteiger partial charge in [0.2, 0.25) is 5.91 Å². The molecule has 0 bridgehead atoms. The first-order valence-electron chi connectivity index (χ1n) is 9.60. The zero-order valence-corrected chi connectivity index (χ0v) is 15.4. The smallest absolute Gasteiger partial charge is 0.236 e. The molecular formula is C19H33N3O2. The third kappa shape index (κ3) is 4.58. The molecule has 5 heteroatoms. The minimum atomic E-state index is 0.270. The van der Waals surface area contributed by atoms with Gasteiger partial charge in [0, 0.05) is 45.8 Å². The number of allylic oxidation sites excluding steroid dienone is 1. The number of ether oxygens (including phenoxy) is 1. The average molecular weight is 335 g/mol. The van der Waals surface area contributed by atoms with E-state index in [-0.39, 0.29) is 5.91 Å². The Hall–Kier alpha value is -0.910. The van der Waals surface area contributed by atoms with Gasteiger partial charge >= 0.3 is 0 Å². The SMILES string of the molecule is CC1=CCC[C@H](C)[C@H]1CN1CCN(CC(=O)N2CCOCC2)CC1. The van der Waals surface area contributed by atoms with Gasteiger partial charge in [0.05, 0.1) is 19.8 Å². The second-order valence-corrected chi connectivity index (χ2v) is 7.68. The molecule has 2 heterocycles. The number of nitrogens with zero attached hydrogens (tertiary/aromatic N) is 3. The third-order valence-corrected chi connectivity index (χ3v) is 6.00. The topological polar surface area (TPSA) is 36.0 Å². The van der Waals surface area contributed by atoms with Gasteiger partial charge in [-0.3, -0.25) is 9.69 Å². The molecule has 0 aromatic heterocycles. The summed E-state index contributed by atoms with van der Waals surface area (Å²) < 4.78 is 5.32. The summed E-state index contributed by atoms with van der Waals surface area (Å²) in [7, 11) is 0. The van der Waals surface area contributed by atoms with Gasteiger partial charge in [-0.1, -0.05) is 18.6 Å². The molecule has 2 aliphatic heterocycles. The molecule has 0 N–H and O–H groups in total. The lowest BCUT2D eigenvalue weighted by Gasteiger charge is -2.39. The molecule has 136 valence electrons. The molecule has 1 aliphatic carbocycles. The Bertz CT molecular complexity index is 452. The lowest BCUT2D eigenvalue weighted by atomic mass is 9.80. The highest BCUT2D eigenvalue weighted by atomic mass is 16.5. The largest absolute Gasteiger partial charge is 0.378 e. The molecule has 0 aromatic rings. The highest BCUT2D eigenvalue weighted by Crippen LogP contribution is 2.30. The molecule has 3 aliphatic rings. The molecule has 1 amide bonds. The van der Waals surface area contributed by atoms with Crippen LogP contribution in [0.15, 0.2) is 11.6 Å². The van der Waals surface area contributed by atoms with E-state index in [0.29, 0.717) is 19.8 Å². The van der Waals surface area contributed by atoms with Crippen molar-refractivity contribution >= 4 is 5.91 Å². The van der Waals surface area contributed by atoms with Gasteiger partial charge in [-0.15, -0.1) is 0 Å². The van der Waals surface area contributed by atoms with Crippen molar-refractivity contribution in [2.45, 2.75) is 26.7 Å². The Morgan fingerprint density at radius 1 is 1.12 bits per heavy atom. The normalized spacial score (nSPS) is 30.2. The molecule has 2 atom stereocenters. The molecule has 0 radical (unpaired) electrons. The van der Waals surface area contributed by atoms with E-state index in [2.05, 4.69) is 29.7 Å². The van der Waals surface area contributed by atoms with Crippen molar-refractivity contribution in [1.29, 1.82) is 0 Å². The predicted octanol–water partition coefficient (Wildman–Crippen LogP) is 1.46. The quantitative estimate of drug-likeness (QED) is 0.729. The summed E-state index contributed by atoms with van der Waals surface area (Å²) >= 11 is 0. The molecular weight excluding hydrogens is 302 g/mol. The standard InChI is InChI=1S/C19H33N3O2/c1-16-4-3-5-17(2)18(16)14-20-6-8-21(9-7-20)15-19(23)22-10-12-24-13-11-22/h4,17-18H,3,5-15H2,1-2H3/t17-,18-/m0/s1. The van der Waals surface area contributed by atoms with Gasteiger partial charge in [-0.2, -0.15) is 0 Å². The van der Waals surface area contributed by atoms with E-state index in [1.165, 1.54) is 19.4 Å². The molecule has 2 saturated heterocycles. The maximum atomic E-state index is 12.4. The summed E-state index contributed by atoms with van der Waals surface area (Å²) in [6, 6.07) is 0. The Morgan fingerprint density at radius 2 is 1.79 bits per heavy atom. The zero-order valence-electron chi connectivity index (χ0n) is 15.4. The van der Waals surface area contributed by atoms with Crippen molar-refractivity contribution < 1.29 is 9.53 Å². The summed E-state index contributed by atoms with van der Waals surface area (Å²) in [6.45, 7) is 13.6. The first-order chi connectivity index (χ1) is 11.6. The fraction of sp³-hybridized carbons (Fsp3) is 0.842. The van der Waals surface area contributed by atoms with Crippen LogP contribution >= 0.6 is 0 Å². The van der Waals surface area contributed by atoms with Gasteiger partial charge in [-0.25, -0.2) is 0 Å². The van der Waals surface area contributed by atoms with E-state index in [9.17, 15) is 4.79 Å². The summed E-state index contributed by atoms with van der Waals surface area (Å²) in [5, 5.41) is 0. The van der Waals surface area contributed by atoms with Crippen LogP contribution < -0.4 is 0 Å². The average Bonchev–Trinajstić information content (AvgIpc) is 2.60. The van der Waals surface area contributed by atoms with E-state index in [4.69, 9.17) is 4.74 Å². The van der Waals surface area contributed by atoms with Crippen LogP contribution in [-0.4, -0.2) is 86.2 Å². The van der Waals surface area contributed by atoms with Crippen LogP contribution in [0.5, 0.6) is 0 Å². The fourth-order valence-corrected chi connectivity index (χ4v) is 4.21. The van der Waals surface area contributed by atoms with Crippen molar-refractivity contribution in [2.24, 2.45) is 11.8 Å². The van der Waals surface area contributed by atoms with Crippen molar-refractivity contribution in [2.75, 3.05) is 65.6 Å². The number of hydrogen-bond acceptors (Lipinski definition) is 4. The molecule has 24 heavy (non-hydrogen) atoms. The number of carbonyl (C=O) groups excluding carboxylic acids is 1. The summed E-state index contributed by atoms with van der Waals surface area (Å²) in [5.41, 5.74) is 1.58. The monoisotopic (exact) mass is 335 g/mol. The van der Waals surface area contributed by atoms with Crippen LogP contribution in [0.1, 0.15) is 26.7 Å². The highest BCUT2D eigenvalue weighted by molar-refractivity contribution is 5.78. The number of amides is 1. The predicted molar refractivity (Wildman–Crippen MR) is 95.9 cm³/mol. The molecule has 0 unspecified atom stereocenters. The summed E-state index contributed by atoms with van der Waals surface area (Å²) in [6.07, 6.45) is 5.01. The maximum absolute atomic E-state index is 12.4. The van der Waals surface area contributed by atoms with Crippen molar-refractivity contribution in [1.82, 2.24) is 14.7 Å². The van der Waals surface area contributed by atoms with Crippen molar-refractivity contribution in [3.63, 3.8) is 0 Å². The van der Waals surface area contributed by atoms with E-state index in [0.717, 1.165) is 51.1 Å². The summed E-state index contributed by atoms with van der Waals surface area (Å²) in [5.74, 6) is 1.79. The highest BCUT2D eigenvalue weighted by Gasteiger charge is 2.27. The van der Waals surface area contributed by atoms with E-state index < -0.39 is 0 Å². The number of hydrogen-bond donors (Lipinski definition) is 0. The first kappa shape index (κ1) is 17.9. The lowest BCUT2D eigenvalue weighted by molar-refractivity contribution is -0.136. The van der Waals surface area contributed by atoms with E-state index in [1.54, 1.807) is 5.57 Å². The Morgan fingerprint density at radius 3 is 2.46 bits per heavy atom. The number of piperazine rings is 1. The molecule has 3 rings (SSSR count). The number of rotatable bonds is 4. The van der Waals surface area contributed by atoms with Crippen LogP contribution in [0.25, 0.3) is 0 Å². The second-order valence-electron chi connectivity index (χ2n) is 7.68. The van der Waals surface area contributed by atoms with Gasteiger partial charge in [0.15, 0.2) is 0 Å². The Labute approximate surface area is 146 Å². The Balaban J connectivity index is 1.41. The van der Waals surface area contributed by atoms with Crippen LogP contribution in [0.2, 0.25) is 0 Å². The molecule has 0 saturated carbocycles. The van der Waals surface area contributed by atoms with E-state index >= 15 is 0 Å². The lowest BCUT2D eigenvalue weighted by Crippen LogP contribution is -2.52. The van der Waals surface area contributed by atoms with Crippen molar-refractivity contribution in [3.05, 3.63) is 11.6 Å². The molecule has 2 fully saturated rings. The maximum Gasteiger partial charge on any atom is 0.236 e. The second kappa shape index (κ2) is 8.45. The first-order valence-corrected chi connectivity index (χ1v) is 9.60. The third-order valence-electron chi connectivity index (χ3n) is 6.00. The van der Waals surface area contributed by atoms with Crippen LogP contribution in [0.4, 0.5) is 0 Å². The number of carbonyl (C=O) groups is 1.